The predicted octanol–water partition coefficient (Wildman–Crippen LogP) is 2.81. The van der Waals surface area contributed by atoms with Gasteiger partial charge in [0.1, 0.15) is 0 Å². The van der Waals surface area contributed by atoms with Crippen LogP contribution in [-0.4, -0.2) is 25.8 Å². The lowest BCUT2D eigenvalue weighted by molar-refractivity contribution is 0.0989. The van der Waals surface area contributed by atoms with Gasteiger partial charge in [-0.05, 0) is 49.7 Å². The number of ketones is 1. The minimum atomic E-state index is 0.0378. The molecule has 2 aromatic heterocycles. The van der Waals surface area contributed by atoms with Gasteiger partial charge in [0.05, 0.1) is 33.7 Å². The largest absolute Gasteiger partial charge is 0.294 e. The maximum atomic E-state index is 12.5. The van der Waals surface area contributed by atoms with Gasteiger partial charge in [-0.1, -0.05) is 0 Å². The predicted molar refractivity (Wildman–Crippen MR) is 79.9 cm³/mol. The van der Waals surface area contributed by atoms with Crippen LogP contribution in [-0.2, 0) is 13.0 Å². The monoisotopic (exact) mass is 336 g/mol. The second-order valence-electron chi connectivity index (χ2n) is 4.75. The highest BCUT2D eigenvalue weighted by Gasteiger charge is 2.18. The Morgan fingerprint density at radius 3 is 2.60 bits per heavy atom. The second-order valence-corrected chi connectivity index (χ2v) is 5.54. The first-order chi connectivity index (χ1) is 9.43. The fourth-order valence-corrected chi connectivity index (χ4v) is 2.54. The summed E-state index contributed by atoms with van der Waals surface area (Å²) in [6.45, 7) is 8.31. The Balaban J connectivity index is 2.35. The number of hydrogen-bond donors (Lipinski definition) is 0. The van der Waals surface area contributed by atoms with Crippen LogP contribution >= 0.6 is 15.9 Å². The van der Waals surface area contributed by atoms with Gasteiger partial charge < -0.3 is 0 Å². The number of nitrogens with zero attached hydrogens (tertiary/aromatic N) is 4. The van der Waals surface area contributed by atoms with Crippen LogP contribution in [0.25, 0.3) is 0 Å². The van der Waals surface area contributed by atoms with Gasteiger partial charge in [-0.15, -0.1) is 0 Å². The molecule has 0 atom stereocenters. The molecule has 0 amide bonds. The van der Waals surface area contributed by atoms with E-state index in [2.05, 4.69) is 31.2 Å². The van der Waals surface area contributed by atoms with Crippen LogP contribution in [0.1, 0.15) is 40.1 Å². The number of halogens is 1. The average Bonchev–Trinajstić information content (AvgIpc) is 2.69. The molecular formula is C14H17BrN4O. The molecule has 0 aromatic carbocycles. The van der Waals surface area contributed by atoms with E-state index in [0.29, 0.717) is 17.7 Å². The number of carbonyl (C=O) groups is 1. The molecule has 0 bridgehead atoms. The van der Waals surface area contributed by atoms with Gasteiger partial charge in [-0.2, -0.15) is 15.3 Å². The molecule has 106 valence electrons. The van der Waals surface area contributed by atoms with Crippen molar-refractivity contribution in [2.75, 3.05) is 0 Å². The normalized spacial score (nSPS) is 10.8. The van der Waals surface area contributed by atoms with Crippen molar-refractivity contribution >= 4 is 21.7 Å². The van der Waals surface area contributed by atoms with Crippen molar-refractivity contribution < 1.29 is 4.79 Å². The minimum Gasteiger partial charge on any atom is -0.294 e. The molecule has 0 saturated heterocycles. The first-order valence-corrected chi connectivity index (χ1v) is 7.29. The Morgan fingerprint density at radius 1 is 1.25 bits per heavy atom. The summed E-state index contributed by atoms with van der Waals surface area (Å²) >= 11 is 3.51. The molecule has 0 spiro atoms. The van der Waals surface area contributed by atoms with Crippen molar-refractivity contribution in [3.8, 4) is 0 Å². The van der Waals surface area contributed by atoms with Gasteiger partial charge in [0.25, 0.3) is 0 Å². The number of aromatic nitrogens is 4. The van der Waals surface area contributed by atoms with Crippen LogP contribution in [0, 0.1) is 20.8 Å². The molecule has 6 heteroatoms. The third kappa shape index (κ3) is 2.80. The van der Waals surface area contributed by atoms with Gasteiger partial charge in [-0.25, -0.2) is 0 Å². The van der Waals surface area contributed by atoms with E-state index in [9.17, 15) is 4.79 Å². The van der Waals surface area contributed by atoms with Crippen molar-refractivity contribution in [1.29, 1.82) is 0 Å². The third-order valence-corrected chi connectivity index (χ3v) is 4.21. The number of hydrogen-bond acceptors (Lipinski definition) is 4. The van der Waals surface area contributed by atoms with Crippen LogP contribution in [0.2, 0.25) is 0 Å². The molecule has 2 rings (SSSR count). The highest BCUT2D eigenvalue weighted by molar-refractivity contribution is 9.10. The van der Waals surface area contributed by atoms with Crippen molar-refractivity contribution in [1.82, 2.24) is 20.0 Å². The SMILES string of the molecule is CCn1nc(C)c(Br)c1CC(=O)c1cc(C)nnc1C. The van der Waals surface area contributed by atoms with Crippen LogP contribution in [0.3, 0.4) is 0 Å². The first kappa shape index (κ1) is 14.8. The molecule has 0 N–H and O–H groups in total. The number of carbonyl (C=O) groups excluding carboxylic acids is 1. The summed E-state index contributed by atoms with van der Waals surface area (Å²) in [5, 5.41) is 12.4. The fraction of sp³-hybridized carbons (Fsp3) is 0.429. The topological polar surface area (TPSA) is 60.7 Å². The smallest absolute Gasteiger partial charge is 0.170 e. The van der Waals surface area contributed by atoms with Gasteiger partial charge in [0.2, 0.25) is 0 Å². The molecule has 0 aliphatic rings. The van der Waals surface area contributed by atoms with E-state index in [-0.39, 0.29) is 5.78 Å². The van der Waals surface area contributed by atoms with E-state index in [1.54, 1.807) is 13.0 Å². The highest BCUT2D eigenvalue weighted by atomic mass is 79.9. The molecule has 0 saturated carbocycles. The van der Waals surface area contributed by atoms with Crippen LogP contribution in [0.4, 0.5) is 0 Å². The second kappa shape index (κ2) is 5.83. The molecule has 0 aliphatic carbocycles. The molecule has 20 heavy (non-hydrogen) atoms. The Morgan fingerprint density at radius 2 is 1.95 bits per heavy atom. The molecular weight excluding hydrogens is 320 g/mol. The number of aryl methyl sites for hydroxylation is 4. The maximum absolute atomic E-state index is 12.5. The summed E-state index contributed by atoms with van der Waals surface area (Å²) in [5.74, 6) is 0.0378. The molecule has 0 unspecified atom stereocenters. The Hall–Kier alpha value is -1.56. The lowest BCUT2D eigenvalue weighted by atomic mass is 10.1. The minimum absolute atomic E-state index is 0.0378. The Labute approximate surface area is 126 Å². The molecule has 5 nitrogen and oxygen atoms in total. The van der Waals surface area contributed by atoms with E-state index >= 15 is 0 Å². The van der Waals surface area contributed by atoms with Crippen molar-refractivity contribution in [2.45, 2.75) is 40.7 Å². The molecule has 0 aliphatic heterocycles. The van der Waals surface area contributed by atoms with Crippen molar-refractivity contribution in [2.24, 2.45) is 0 Å². The van der Waals surface area contributed by atoms with Gasteiger partial charge >= 0.3 is 0 Å². The van der Waals surface area contributed by atoms with E-state index in [0.717, 1.165) is 28.1 Å². The fourth-order valence-electron chi connectivity index (χ4n) is 2.12. The Kier molecular flexibility index (Phi) is 4.32. The summed E-state index contributed by atoms with van der Waals surface area (Å²) < 4.78 is 2.76. The van der Waals surface area contributed by atoms with Crippen molar-refractivity contribution in [3.63, 3.8) is 0 Å². The number of Topliss-reactive ketones (excluding diaryl/α,β-unsaturated/α-hetero) is 1. The summed E-state index contributed by atoms with van der Waals surface area (Å²) in [6, 6.07) is 1.79. The van der Waals surface area contributed by atoms with E-state index < -0.39 is 0 Å². The van der Waals surface area contributed by atoms with Crippen LogP contribution in [0.5, 0.6) is 0 Å². The van der Waals surface area contributed by atoms with Gasteiger partial charge in [0.15, 0.2) is 5.78 Å². The van der Waals surface area contributed by atoms with Gasteiger partial charge in [-0.3, -0.25) is 9.48 Å². The highest BCUT2D eigenvalue weighted by Crippen LogP contribution is 2.23. The molecule has 2 heterocycles. The summed E-state index contributed by atoms with van der Waals surface area (Å²) in [4.78, 5) is 12.5. The first-order valence-electron chi connectivity index (χ1n) is 6.50. The molecule has 2 aromatic rings. The molecule has 0 fully saturated rings. The number of rotatable bonds is 4. The Bertz CT molecular complexity index is 663. The van der Waals surface area contributed by atoms with Crippen LogP contribution in [0.15, 0.2) is 10.5 Å². The summed E-state index contributed by atoms with van der Waals surface area (Å²) in [6.07, 6.45) is 0.307. The van der Waals surface area contributed by atoms with Crippen LogP contribution < -0.4 is 0 Å². The third-order valence-electron chi connectivity index (χ3n) is 3.18. The maximum Gasteiger partial charge on any atom is 0.170 e. The summed E-state index contributed by atoms with van der Waals surface area (Å²) in [5.41, 5.74) is 3.85. The zero-order valence-corrected chi connectivity index (χ0v) is 13.7. The zero-order chi connectivity index (χ0) is 14.9. The van der Waals surface area contributed by atoms with Gasteiger partial charge in [0, 0.05) is 12.1 Å². The lowest BCUT2D eigenvalue weighted by Gasteiger charge is -2.07. The quantitative estimate of drug-likeness (QED) is 0.805. The lowest BCUT2D eigenvalue weighted by Crippen LogP contribution is -2.12. The molecule has 0 radical (unpaired) electrons. The standard InChI is InChI=1S/C14H17BrN4O/c1-5-19-12(14(15)10(4)18-19)7-13(20)11-6-8(2)16-17-9(11)3/h6H,5,7H2,1-4H3. The van der Waals surface area contributed by atoms with Crippen molar-refractivity contribution in [3.05, 3.63) is 38.9 Å². The zero-order valence-electron chi connectivity index (χ0n) is 12.1. The van der Waals surface area contributed by atoms with E-state index in [4.69, 9.17) is 0 Å². The van der Waals surface area contributed by atoms with E-state index in [1.807, 2.05) is 25.5 Å². The van der Waals surface area contributed by atoms with E-state index in [1.165, 1.54) is 0 Å². The average molecular weight is 337 g/mol. The summed E-state index contributed by atoms with van der Waals surface area (Å²) in [7, 11) is 0.